The van der Waals surface area contributed by atoms with Crippen LogP contribution in [0.5, 0.6) is 0 Å². The van der Waals surface area contributed by atoms with E-state index in [-0.39, 0.29) is 24.7 Å². The molecule has 6 heteroatoms. The molecule has 2 atom stereocenters. The summed E-state index contributed by atoms with van der Waals surface area (Å²) in [7, 11) is 0. The molecule has 3 fully saturated rings. The van der Waals surface area contributed by atoms with E-state index in [0.29, 0.717) is 19.0 Å². The number of urea groups is 1. The van der Waals surface area contributed by atoms with E-state index in [1.54, 1.807) is 4.90 Å². The predicted molar refractivity (Wildman–Crippen MR) is 68.4 cm³/mol. The third-order valence-electron chi connectivity index (χ3n) is 4.62. The first-order valence-corrected chi connectivity index (χ1v) is 7.10. The number of nitrogens with zero attached hydrogens (tertiary/aromatic N) is 2. The van der Waals surface area contributed by atoms with Gasteiger partial charge in [0, 0.05) is 13.1 Å². The molecular weight excluding hydrogens is 246 g/mol. The SMILES string of the molecule is NC(=O)N1C[C@@H]2OCC(=O)N(CC3CCCC3)[C@H]2C1. The van der Waals surface area contributed by atoms with Crippen molar-refractivity contribution in [3.63, 3.8) is 0 Å². The Morgan fingerprint density at radius 2 is 2.05 bits per heavy atom. The molecule has 3 amide bonds. The maximum absolute atomic E-state index is 12.1. The summed E-state index contributed by atoms with van der Waals surface area (Å²) in [5.41, 5.74) is 5.32. The molecule has 0 radical (unpaired) electrons. The lowest BCUT2D eigenvalue weighted by molar-refractivity contribution is -0.153. The van der Waals surface area contributed by atoms with Gasteiger partial charge in [-0.05, 0) is 18.8 Å². The van der Waals surface area contributed by atoms with Crippen molar-refractivity contribution >= 4 is 11.9 Å². The maximum atomic E-state index is 12.1. The maximum Gasteiger partial charge on any atom is 0.314 e. The summed E-state index contributed by atoms with van der Waals surface area (Å²) < 4.78 is 5.55. The number of hydrogen-bond donors (Lipinski definition) is 1. The number of hydrogen-bond acceptors (Lipinski definition) is 3. The highest BCUT2D eigenvalue weighted by Gasteiger charge is 2.44. The summed E-state index contributed by atoms with van der Waals surface area (Å²) in [4.78, 5) is 26.9. The first-order valence-electron chi connectivity index (χ1n) is 7.10. The van der Waals surface area contributed by atoms with E-state index in [1.165, 1.54) is 25.7 Å². The van der Waals surface area contributed by atoms with Crippen LogP contribution >= 0.6 is 0 Å². The highest BCUT2D eigenvalue weighted by molar-refractivity contribution is 5.79. The minimum absolute atomic E-state index is 0.00523. The smallest absolute Gasteiger partial charge is 0.314 e. The molecule has 19 heavy (non-hydrogen) atoms. The number of primary amides is 1. The summed E-state index contributed by atoms with van der Waals surface area (Å²) in [6.45, 7) is 1.98. The molecule has 3 rings (SSSR count). The Balaban J connectivity index is 1.69. The molecule has 0 aromatic rings. The summed E-state index contributed by atoms with van der Waals surface area (Å²) in [5, 5.41) is 0. The largest absolute Gasteiger partial charge is 0.364 e. The molecule has 2 N–H and O–H groups in total. The summed E-state index contributed by atoms with van der Waals surface area (Å²) >= 11 is 0. The Morgan fingerprint density at radius 3 is 2.74 bits per heavy atom. The van der Waals surface area contributed by atoms with Crippen LogP contribution in [0, 0.1) is 5.92 Å². The van der Waals surface area contributed by atoms with Crippen LogP contribution in [0.15, 0.2) is 0 Å². The van der Waals surface area contributed by atoms with Crippen LogP contribution in [0.2, 0.25) is 0 Å². The van der Waals surface area contributed by atoms with Gasteiger partial charge in [-0.3, -0.25) is 4.79 Å². The van der Waals surface area contributed by atoms with Crippen molar-refractivity contribution in [2.75, 3.05) is 26.2 Å². The topological polar surface area (TPSA) is 75.9 Å². The van der Waals surface area contributed by atoms with Crippen molar-refractivity contribution in [2.45, 2.75) is 37.8 Å². The number of fused-ring (bicyclic) bond motifs is 1. The van der Waals surface area contributed by atoms with Crippen molar-refractivity contribution in [2.24, 2.45) is 11.7 Å². The molecule has 0 spiro atoms. The van der Waals surface area contributed by atoms with E-state index in [2.05, 4.69) is 0 Å². The lowest BCUT2D eigenvalue weighted by atomic mass is 10.0. The number of amides is 3. The van der Waals surface area contributed by atoms with Gasteiger partial charge in [0.05, 0.1) is 18.7 Å². The number of carbonyl (C=O) groups is 2. The Bertz CT molecular complexity index is 381. The van der Waals surface area contributed by atoms with Crippen LogP contribution in [0.25, 0.3) is 0 Å². The van der Waals surface area contributed by atoms with E-state index < -0.39 is 6.03 Å². The molecule has 106 valence electrons. The van der Waals surface area contributed by atoms with Crippen LogP contribution < -0.4 is 5.73 Å². The molecular formula is C13H21N3O3. The summed E-state index contributed by atoms with van der Waals surface area (Å²) in [5.74, 6) is 0.671. The normalized spacial score (nSPS) is 31.9. The van der Waals surface area contributed by atoms with Crippen LogP contribution in [-0.4, -0.2) is 60.1 Å². The first-order chi connectivity index (χ1) is 9.15. The summed E-state index contributed by atoms with van der Waals surface area (Å²) in [6.07, 6.45) is 4.89. The van der Waals surface area contributed by atoms with Crippen LogP contribution in [-0.2, 0) is 9.53 Å². The van der Waals surface area contributed by atoms with Gasteiger partial charge in [0.2, 0.25) is 5.91 Å². The second-order valence-corrected chi connectivity index (χ2v) is 5.86. The monoisotopic (exact) mass is 267 g/mol. The van der Waals surface area contributed by atoms with Crippen LogP contribution in [0.4, 0.5) is 4.79 Å². The third-order valence-corrected chi connectivity index (χ3v) is 4.62. The van der Waals surface area contributed by atoms with Gasteiger partial charge in [-0.1, -0.05) is 12.8 Å². The van der Waals surface area contributed by atoms with Gasteiger partial charge < -0.3 is 20.3 Å². The van der Waals surface area contributed by atoms with E-state index in [0.717, 1.165) is 6.54 Å². The number of likely N-dealkylation sites (tertiary alicyclic amines) is 1. The molecule has 3 aliphatic rings. The number of nitrogens with two attached hydrogens (primary N) is 1. The molecule has 0 bridgehead atoms. The predicted octanol–water partition coefficient (Wildman–Crippen LogP) is 0.167. The molecule has 0 unspecified atom stereocenters. The fraction of sp³-hybridized carbons (Fsp3) is 0.846. The number of rotatable bonds is 2. The molecule has 1 saturated carbocycles. The standard InChI is InChI=1S/C13H21N3O3/c14-13(18)15-6-10-11(7-15)19-8-12(17)16(10)5-9-3-1-2-4-9/h9-11H,1-8H2,(H2,14,18)/t10-,11-/m0/s1. The molecule has 2 saturated heterocycles. The Labute approximate surface area is 112 Å². The minimum atomic E-state index is -0.425. The zero-order chi connectivity index (χ0) is 13.4. The molecule has 2 aliphatic heterocycles. The molecule has 2 heterocycles. The van der Waals surface area contributed by atoms with E-state index in [4.69, 9.17) is 10.5 Å². The number of ether oxygens (including phenoxy) is 1. The fourth-order valence-corrected chi connectivity index (χ4v) is 3.55. The van der Waals surface area contributed by atoms with Gasteiger partial charge in [0.25, 0.3) is 0 Å². The third kappa shape index (κ3) is 2.41. The van der Waals surface area contributed by atoms with Crippen molar-refractivity contribution in [3.8, 4) is 0 Å². The van der Waals surface area contributed by atoms with Crippen LogP contribution in [0.1, 0.15) is 25.7 Å². The van der Waals surface area contributed by atoms with Gasteiger partial charge in [-0.2, -0.15) is 0 Å². The van der Waals surface area contributed by atoms with Gasteiger partial charge in [-0.25, -0.2) is 4.79 Å². The molecule has 6 nitrogen and oxygen atoms in total. The summed E-state index contributed by atoms with van der Waals surface area (Å²) in [6, 6.07) is -0.430. The number of morpholine rings is 1. The van der Waals surface area contributed by atoms with Crippen molar-refractivity contribution in [1.29, 1.82) is 0 Å². The quantitative estimate of drug-likeness (QED) is 0.774. The van der Waals surface area contributed by atoms with E-state index in [9.17, 15) is 9.59 Å². The van der Waals surface area contributed by atoms with Crippen molar-refractivity contribution in [3.05, 3.63) is 0 Å². The number of carbonyl (C=O) groups excluding carboxylic acids is 2. The van der Waals surface area contributed by atoms with Crippen molar-refractivity contribution < 1.29 is 14.3 Å². The van der Waals surface area contributed by atoms with Gasteiger partial charge >= 0.3 is 6.03 Å². The van der Waals surface area contributed by atoms with Crippen LogP contribution in [0.3, 0.4) is 0 Å². The Hall–Kier alpha value is -1.30. The lowest BCUT2D eigenvalue weighted by Crippen LogP contribution is -2.55. The van der Waals surface area contributed by atoms with Gasteiger partial charge in [-0.15, -0.1) is 0 Å². The van der Waals surface area contributed by atoms with Crippen molar-refractivity contribution in [1.82, 2.24) is 9.80 Å². The second kappa shape index (κ2) is 5.00. The average molecular weight is 267 g/mol. The highest BCUT2D eigenvalue weighted by Crippen LogP contribution is 2.29. The van der Waals surface area contributed by atoms with Gasteiger partial charge in [0.1, 0.15) is 6.61 Å². The minimum Gasteiger partial charge on any atom is -0.364 e. The lowest BCUT2D eigenvalue weighted by Gasteiger charge is -2.38. The fourth-order valence-electron chi connectivity index (χ4n) is 3.55. The first kappa shape index (κ1) is 12.7. The highest BCUT2D eigenvalue weighted by atomic mass is 16.5. The van der Waals surface area contributed by atoms with Gasteiger partial charge in [0.15, 0.2) is 0 Å². The average Bonchev–Trinajstić information content (AvgIpc) is 3.01. The van der Waals surface area contributed by atoms with E-state index >= 15 is 0 Å². The molecule has 0 aromatic carbocycles. The second-order valence-electron chi connectivity index (χ2n) is 5.86. The zero-order valence-electron chi connectivity index (χ0n) is 11.1. The molecule has 0 aromatic heterocycles. The Morgan fingerprint density at radius 1 is 1.32 bits per heavy atom. The molecule has 1 aliphatic carbocycles. The Kier molecular flexibility index (Phi) is 3.35. The van der Waals surface area contributed by atoms with E-state index in [1.807, 2.05) is 4.90 Å². The zero-order valence-corrected chi connectivity index (χ0v) is 11.1.